The van der Waals surface area contributed by atoms with Crippen molar-refractivity contribution in [2.45, 2.75) is 19.3 Å². The van der Waals surface area contributed by atoms with E-state index in [2.05, 4.69) is 16.5 Å². The normalized spacial score (nSPS) is 12.6. The molecule has 4 rings (SSSR count). The van der Waals surface area contributed by atoms with E-state index in [0.29, 0.717) is 66.1 Å². The number of amides is 1. The molecular formula is C23H21ClFN5O3. The quantitative estimate of drug-likeness (QED) is 0.532. The third-order valence-electron chi connectivity index (χ3n) is 5.12. The second kappa shape index (κ2) is 9.79. The lowest BCUT2D eigenvalue weighted by molar-refractivity contribution is 0.0952. The van der Waals surface area contributed by atoms with Gasteiger partial charge < -0.3 is 20.5 Å². The highest BCUT2D eigenvalue weighted by Gasteiger charge is 2.19. The lowest BCUT2D eigenvalue weighted by Gasteiger charge is -2.11. The van der Waals surface area contributed by atoms with Gasteiger partial charge in [-0.2, -0.15) is 10.4 Å². The van der Waals surface area contributed by atoms with Crippen molar-refractivity contribution in [3.05, 3.63) is 64.1 Å². The maximum absolute atomic E-state index is 13.2. The van der Waals surface area contributed by atoms with E-state index in [9.17, 15) is 14.4 Å². The number of hydrogen-bond acceptors (Lipinski definition) is 6. The van der Waals surface area contributed by atoms with Crippen LogP contribution >= 0.6 is 11.6 Å². The van der Waals surface area contributed by atoms with Gasteiger partial charge >= 0.3 is 0 Å². The van der Waals surface area contributed by atoms with Gasteiger partial charge in [0.1, 0.15) is 23.3 Å². The number of nitrogen functional groups attached to an aromatic ring is 1. The molecule has 0 aliphatic carbocycles. The smallest absolute Gasteiger partial charge is 0.251 e. The second-order valence-electron chi connectivity index (χ2n) is 7.40. The Kier molecular flexibility index (Phi) is 6.66. The molecule has 2 heterocycles. The first-order chi connectivity index (χ1) is 16.0. The van der Waals surface area contributed by atoms with E-state index in [1.807, 2.05) is 0 Å². The zero-order valence-electron chi connectivity index (χ0n) is 17.6. The number of carbonyl (C=O) groups is 1. The largest absolute Gasteiger partial charge is 0.489 e. The van der Waals surface area contributed by atoms with E-state index in [1.54, 1.807) is 12.1 Å². The summed E-state index contributed by atoms with van der Waals surface area (Å²) in [5, 5.41) is 17.1. The van der Waals surface area contributed by atoms with Crippen molar-refractivity contribution in [2.24, 2.45) is 0 Å². The zero-order valence-corrected chi connectivity index (χ0v) is 18.4. The number of nitriles is 1. The number of nitrogens with zero attached hydrogens (tertiary/aromatic N) is 3. The van der Waals surface area contributed by atoms with E-state index in [4.69, 9.17) is 26.8 Å². The van der Waals surface area contributed by atoms with Gasteiger partial charge in [-0.05, 0) is 49.2 Å². The Morgan fingerprint density at radius 2 is 2.03 bits per heavy atom. The lowest BCUT2D eigenvalue weighted by atomic mass is 10.1. The minimum atomic E-state index is -0.379. The summed E-state index contributed by atoms with van der Waals surface area (Å²) in [6, 6.07) is 10.9. The van der Waals surface area contributed by atoms with Crippen LogP contribution in [0.25, 0.3) is 5.69 Å². The predicted octanol–water partition coefficient (Wildman–Crippen LogP) is 3.64. The van der Waals surface area contributed by atoms with Crippen molar-refractivity contribution in [3.63, 3.8) is 0 Å². The molecule has 0 spiro atoms. The summed E-state index contributed by atoms with van der Waals surface area (Å²) in [6.45, 7) is 1.34. The Hall–Kier alpha value is -3.77. The van der Waals surface area contributed by atoms with Crippen LogP contribution < -0.4 is 20.5 Å². The van der Waals surface area contributed by atoms with Gasteiger partial charge in [0.25, 0.3) is 5.91 Å². The second-order valence-corrected chi connectivity index (χ2v) is 7.81. The van der Waals surface area contributed by atoms with Crippen molar-refractivity contribution in [1.82, 2.24) is 15.1 Å². The van der Waals surface area contributed by atoms with Gasteiger partial charge in [0, 0.05) is 18.5 Å². The maximum Gasteiger partial charge on any atom is 0.251 e. The molecule has 3 N–H and O–H groups in total. The number of halogens is 2. The highest BCUT2D eigenvalue weighted by Crippen LogP contribution is 2.38. The average Bonchev–Trinajstić information content (AvgIpc) is 2.96. The number of aryl methyl sites for hydroxylation is 1. The van der Waals surface area contributed by atoms with E-state index in [0.717, 1.165) is 6.42 Å². The van der Waals surface area contributed by atoms with Gasteiger partial charge in [0.2, 0.25) is 0 Å². The summed E-state index contributed by atoms with van der Waals surface area (Å²) in [5.41, 5.74) is 7.76. The summed E-state index contributed by atoms with van der Waals surface area (Å²) in [6.07, 6.45) is 1.68. The molecule has 0 saturated heterocycles. The summed E-state index contributed by atoms with van der Waals surface area (Å²) < 4.78 is 25.8. The van der Waals surface area contributed by atoms with Crippen LogP contribution in [0.15, 0.2) is 36.4 Å². The van der Waals surface area contributed by atoms with E-state index in [1.165, 1.54) is 28.9 Å². The summed E-state index contributed by atoms with van der Waals surface area (Å²) in [5.74, 6) is 0.403. The minimum absolute atomic E-state index is 0.185. The first-order valence-corrected chi connectivity index (χ1v) is 10.8. The van der Waals surface area contributed by atoms with Gasteiger partial charge in [0.05, 0.1) is 29.6 Å². The van der Waals surface area contributed by atoms with Crippen molar-refractivity contribution >= 4 is 23.3 Å². The number of rotatable bonds is 6. The fraction of sp³-hybridized carbons (Fsp3) is 0.261. The highest BCUT2D eigenvalue weighted by molar-refractivity contribution is 6.32. The van der Waals surface area contributed by atoms with E-state index < -0.39 is 0 Å². The predicted molar refractivity (Wildman–Crippen MR) is 120 cm³/mol. The molecule has 0 radical (unpaired) electrons. The SMILES string of the molecule is N#Cc1c(CCCNC(=O)c2cc(Cl)c3c(c2)OCCCO3)nn(-c2ccc(F)cc2)c1N. The highest BCUT2D eigenvalue weighted by atomic mass is 35.5. The molecule has 8 nitrogen and oxygen atoms in total. The van der Waals surface area contributed by atoms with Crippen molar-refractivity contribution < 1.29 is 18.7 Å². The molecule has 33 heavy (non-hydrogen) atoms. The Morgan fingerprint density at radius 1 is 1.27 bits per heavy atom. The zero-order chi connectivity index (χ0) is 23.4. The van der Waals surface area contributed by atoms with Gasteiger partial charge in [-0.1, -0.05) is 11.6 Å². The number of carbonyl (C=O) groups excluding carboxylic acids is 1. The molecular weight excluding hydrogens is 449 g/mol. The van der Waals surface area contributed by atoms with E-state index in [-0.39, 0.29) is 23.1 Å². The van der Waals surface area contributed by atoms with Crippen LogP contribution in [0.4, 0.5) is 10.2 Å². The summed E-state index contributed by atoms with van der Waals surface area (Å²) >= 11 is 6.26. The number of fused-ring (bicyclic) bond motifs is 1. The van der Waals surface area contributed by atoms with Gasteiger partial charge in [-0.3, -0.25) is 4.79 Å². The fourth-order valence-corrected chi connectivity index (χ4v) is 3.74. The van der Waals surface area contributed by atoms with Crippen LogP contribution in [0.2, 0.25) is 5.02 Å². The van der Waals surface area contributed by atoms with Crippen LogP contribution in [0, 0.1) is 17.1 Å². The first kappa shape index (κ1) is 22.4. The molecule has 170 valence electrons. The van der Waals surface area contributed by atoms with E-state index >= 15 is 0 Å². The standard InChI is InChI=1S/C23H21ClFN5O3/c24-18-11-14(12-20-21(18)33-10-2-9-32-20)23(31)28-8-1-3-19-17(13-26)22(27)30(29-19)16-6-4-15(25)5-7-16/h4-7,11-12H,1-3,8-10,27H2,(H,28,31). The molecule has 1 amide bonds. The molecule has 1 aromatic heterocycles. The Morgan fingerprint density at radius 3 is 2.79 bits per heavy atom. The Bertz CT molecular complexity index is 1220. The van der Waals surface area contributed by atoms with Crippen LogP contribution in [-0.2, 0) is 6.42 Å². The number of nitrogens with two attached hydrogens (primary N) is 1. The minimum Gasteiger partial charge on any atom is -0.489 e. The lowest BCUT2D eigenvalue weighted by Crippen LogP contribution is -2.25. The molecule has 10 heteroatoms. The molecule has 3 aromatic rings. The number of hydrogen-bond donors (Lipinski definition) is 2. The monoisotopic (exact) mass is 469 g/mol. The van der Waals surface area contributed by atoms with Crippen LogP contribution in [0.5, 0.6) is 11.5 Å². The molecule has 1 aliphatic rings. The summed E-state index contributed by atoms with van der Waals surface area (Å²) in [4.78, 5) is 12.6. The summed E-state index contributed by atoms with van der Waals surface area (Å²) in [7, 11) is 0. The third-order valence-corrected chi connectivity index (χ3v) is 5.40. The molecule has 0 atom stereocenters. The van der Waals surface area contributed by atoms with Crippen molar-refractivity contribution in [2.75, 3.05) is 25.5 Å². The fourth-order valence-electron chi connectivity index (χ4n) is 3.48. The molecule has 0 bridgehead atoms. The molecule has 0 saturated carbocycles. The van der Waals surface area contributed by atoms with Crippen LogP contribution in [0.1, 0.15) is 34.5 Å². The average molecular weight is 470 g/mol. The molecule has 1 aliphatic heterocycles. The molecule has 2 aromatic carbocycles. The van der Waals surface area contributed by atoms with Gasteiger partial charge in [-0.25, -0.2) is 9.07 Å². The Labute approximate surface area is 194 Å². The van der Waals surface area contributed by atoms with Crippen molar-refractivity contribution in [1.29, 1.82) is 5.26 Å². The number of aromatic nitrogens is 2. The van der Waals surface area contributed by atoms with Crippen LogP contribution in [-0.4, -0.2) is 35.4 Å². The molecule has 0 fully saturated rings. The van der Waals surface area contributed by atoms with Crippen LogP contribution in [0.3, 0.4) is 0 Å². The number of ether oxygens (including phenoxy) is 2. The first-order valence-electron chi connectivity index (χ1n) is 10.4. The Balaban J connectivity index is 1.39. The third kappa shape index (κ3) is 4.86. The number of nitrogens with one attached hydrogen (secondary N) is 1. The van der Waals surface area contributed by atoms with Crippen molar-refractivity contribution in [3.8, 4) is 23.3 Å². The topological polar surface area (TPSA) is 115 Å². The number of benzene rings is 2. The van der Waals surface area contributed by atoms with Gasteiger partial charge in [-0.15, -0.1) is 0 Å². The molecule has 0 unspecified atom stereocenters. The van der Waals surface area contributed by atoms with Gasteiger partial charge in [0.15, 0.2) is 11.5 Å². The number of anilines is 1. The maximum atomic E-state index is 13.2.